The van der Waals surface area contributed by atoms with Crippen molar-refractivity contribution < 1.29 is 4.79 Å². The third kappa shape index (κ3) is 3.74. The molecule has 2 aliphatic heterocycles. The maximum Gasteiger partial charge on any atom is 0.256 e. The molecule has 4 rings (SSSR count). The number of likely N-dealkylation sites (tertiary alicyclic amines) is 1. The van der Waals surface area contributed by atoms with Gasteiger partial charge in [-0.1, -0.05) is 58.4 Å². The lowest BCUT2D eigenvalue weighted by Gasteiger charge is -2.25. The Morgan fingerprint density at radius 3 is 2.77 bits per heavy atom. The lowest BCUT2D eigenvalue weighted by molar-refractivity contribution is -0.132. The number of hydrogen-bond donors (Lipinski definition) is 0. The van der Waals surface area contributed by atoms with Crippen molar-refractivity contribution in [3.63, 3.8) is 0 Å². The number of hydrogen-bond acceptors (Lipinski definition) is 3. The Hall–Kier alpha value is -1.98. The molecule has 2 aromatic carbocycles. The quantitative estimate of drug-likeness (QED) is 0.754. The third-order valence-electron chi connectivity index (χ3n) is 5.13. The first kappa shape index (κ1) is 17.4. The highest BCUT2D eigenvalue weighted by molar-refractivity contribution is 9.10. The summed E-state index contributed by atoms with van der Waals surface area (Å²) in [7, 11) is 0. The second kappa shape index (κ2) is 7.72. The second-order valence-electron chi connectivity index (χ2n) is 6.86. The fourth-order valence-corrected chi connectivity index (χ4v) is 4.25. The van der Waals surface area contributed by atoms with E-state index in [0.717, 1.165) is 41.6 Å². The van der Waals surface area contributed by atoms with Crippen LogP contribution < -0.4 is 0 Å². The van der Waals surface area contributed by atoms with Crippen LogP contribution in [0.2, 0.25) is 0 Å². The van der Waals surface area contributed by atoms with Gasteiger partial charge in [0, 0.05) is 16.9 Å². The van der Waals surface area contributed by atoms with Crippen LogP contribution in [0.5, 0.6) is 0 Å². The van der Waals surface area contributed by atoms with Crippen LogP contribution in [-0.2, 0) is 4.79 Å². The predicted octanol–water partition coefficient (Wildman–Crippen LogP) is 4.22. The zero-order valence-corrected chi connectivity index (χ0v) is 16.2. The number of benzene rings is 2. The number of hydrazone groups is 1. The molecular formula is C21H22BrN3O. The molecule has 0 aromatic heterocycles. The maximum absolute atomic E-state index is 12.8. The number of halogens is 1. The summed E-state index contributed by atoms with van der Waals surface area (Å²) in [6.07, 6.45) is 3.05. The monoisotopic (exact) mass is 411 g/mol. The van der Waals surface area contributed by atoms with Gasteiger partial charge in [0.15, 0.2) is 0 Å². The average Bonchev–Trinajstić information content (AvgIpc) is 3.32. The van der Waals surface area contributed by atoms with Crippen molar-refractivity contribution in [1.29, 1.82) is 0 Å². The van der Waals surface area contributed by atoms with E-state index in [4.69, 9.17) is 0 Å². The van der Waals surface area contributed by atoms with Crippen molar-refractivity contribution in [2.24, 2.45) is 5.10 Å². The van der Waals surface area contributed by atoms with Gasteiger partial charge < -0.3 is 0 Å². The van der Waals surface area contributed by atoms with Gasteiger partial charge in [-0.25, -0.2) is 5.01 Å². The number of carbonyl (C=O) groups is 1. The van der Waals surface area contributed by atoms with Crippen molar-refractivity contribution in [2.75, 3.05) is 19.6 Å². The molecule has 0 radical (unpaired) electrons. The predicted molar refractivity (Wildman–Crippen MR) is 107 cm³/mol. The van der Waals surface area contributed by atoms with Gasteiger partial charge in [-0.05, 0) is 42.6 Å². The summed E-state index contributed by atoms with van der Waals surface area (Å²) in [5, 5.41) is 6.23. The summed E-state index contributed by atoms with van der Waals surface area (Å²) in [6, 6.07) is 18.9. The molecule has 5 heteroatoms. The Kier molecular flexibility index (Phi) is 5.18. The molecule has 1 unspecified atom stereocenters. The molecule has 0 bridgehead atoms. The van der Waals surface area contributed by atoms with Crippen LogP contribution in [0.15, 0.2) is 64.2 Å². The van der Waals surface area contributed by atoms with Crippen molar-refractivity contribution in [3.8, 4) is 0 Å². The van der Waals surface area contributed by atoms with Crippen LogP contribution in [0.25, 0.3) is 0 Å². The van der Waals surface area contributed by atoms with Gasteiger partial charge in [0.25, 0.3) is 5.91 Å². The summed E-state index contributed by atoms with van der Waals surface area (Å²) in [5.74, 6) is 0.0952. The molecule has 4 nitrogen and oxygen atoms in total. The molecule has 1 amide bonds. The van der Waals surface area contributed by atoms with Gasteiger partial charge in [-0.3, -0.25) is 9.69 Å². The fourth-order valence-electron chi connectivity index (χ4n) is 3.83. The number of carbonyl (C=O) groups excluding carboxylic acids is 1. The molecule has 1 fully saturated rings. The summed E-state index contributed by atoms with van der Waals surface area (Å²) in [4.78, 5) is 15.1. The van der Waals surface area contributed by atoms with E-state index in [-0.39, 0.29) is 5.91 Å². The highest BCUT2D eigenvalue weighted by Crippen LogP contribution is 2.33. The highest BCUT2D eigenvalue weighted by Gasteiger charge is 2.30. The normalized spacial score (nSPS) is 20.4. The summed E-state index contributed by atoms with van der Waals surface area (Å²) in [6.45, 7) is 2.08. The first-order valence-electron chi connectivity index (χ1n) is 9.13. The standard InChI is InChI=1S/C21H22BrN3O/c22-18-9-4-8-17(14-18)20-10-5-12-24(20)15-21(26)25-13-11-19(23-25)16-6-2-1-3-7-16/h1-4,6-9,14,20H,5,10-13,15H2. The fraction of sp³-hybridized carbons (Fsp3) is 0.333. The van der Waals surface area contributed by atoms with E-state index >= 15 is 0 Å². The molecule has 134 valence electrons. The van der Waals surface area contributed by atoms with Gasteiger partial charge in [-0.15, -0.1) is 0 Å². The van der Waals surface area contributed by atoms with Crippen molar-refractivity contribution in [2.45, 2.75) is 25.3 Å². The van der Waals surface area contributed by atoms with E-state index in [0.29, 0.717) is 19.1 Å². The molecule has 1 saturated heterocycles. The highest BCUT2D eigenvalue weighted by atomic mass is 79.9. The van der Waals surface area contributed by atoms with Crippen LogP contribution in [0.4, 0.5) is 0 Å². The SMILES string of the molecule is O=C(CN1CCCC1c1cccc(Br)c1)N1CCC(c2ccccc2)=N1. The molecule has 0 saturated carbocycles. The maximum atomic E-state index is 12.8. The average molecular weight is 412 g/mol. The zero-order valence-electron chi connectivity index (χ0n) is 14.6. The van der Waals surface area contributed by atoms with Crippen LogP contribution >= 0.6 is 15.9 Å². The van der Waals surface area contributed by atoms with E-state index in [9.17, 15) is 4.79 Å². The lowest BCUT2D eigenvalue weighted by atomic mass is 10.0. The Balaban J connectivity index is 1.44. The molecule has 0 N–H and O–H groups in total. The number of nitrogens with zero attached hydrogens (tertiary/aromatic N) is 3. The zero-order chi connectivity index (χ0) is 17.9. The largest absolute Gasteiger partial charge is 0.287 e. The van der Waals surface area contributed by atoms with E-state index in [2.05, 4.69) is 56.3 Å². The van der Waals surface area contributed by atoms with Gasteiger partial charge >= 0.3 is 0 Å². The molecule has 0 spiro atoms. The minimum Gasteiger partial charge on any atom is -0.287 e. The van der Waals surface area contributed by atoms with Gasteiger partial charge in [0.1, 0.15) is 0 Å². The minimum atomic E-state index is 0.0952. The molecule has 1 atom stereocenters. The molecule has 2 aromatic rings. The number of amides is 1. The molecule has 0 aliphatic carbocycles. The van der Waals surface area contributed by atoms with E-state index in [1.54, 1.807) is 5.01 Å². The summed E-state index contributed by atoms with van der Waals surface area (Å²) < 4.78 is 1.09. The molecule has 2 heterocycles. The Bertz CT molecular complexity index is 821. The first-order valence-corrected chi connectivity index (χ1v) is 9.93. The van der Waals surface area contributed by atoms with E-state index < -0.39 is 0 Å². The van der Waals surface area contributed by atoms with E-state index in [1.807, 2.05) is 24.3 Å². The van der Waals surface area contributed by atoms with Crippen LogP contribution in [0.1, 0.15) is 36.4 Å². The molecular weight excluding hydrogens is 390 g/mol. The number of rotatable bonds is 4. The smallest absolute Gasteiger partial charge is 0.256 e. The van der Waals surface area contributed by atoms with Crippen LogP contribution in [0, 0.1) is 0 Å². The Labute approximate surface area is 162 Å². The second-order valence-corrected chi connectivity index (χ2v) is 7.78. The van der Waals surface area contributed by atoms with Crippen molar-refractivity contribution in [3.05, 3.63) is 70.2 Å². The first-order chi connectivity index (χ1) is 12.7. The van der Waals surface area contributed by atoms with Crippen molar-refractivity contribution in [1.82, 2.24) is 9.91 Å². The van der Waals surface area contributed by atoms with Gasteiger partial charge in [-0.2, -0.15) is 5.10 Å². The molecule has 2 aliphatic rings. The van der Waals surface area contributed by atoms with Crippen LogP contribution in [-0.4, -0.2) is 41.2 Å². The van der Waals surface area contributed by atoms with Gasteiger partial charge in [0.05, 0.1) is 18.8 Å². The summed E-state index contributed by atoms with van der Waals surface area (Å²) >= 11 is 3.55. The lowest BCUT2D eigenvalue weighted by Crippen LogP contribution is -2.36. The van der Waals surface area contributed by atoms with Crippen LogP contribution in [0.3, 0.4) is 0 Å². The molecule has 26 heavy (non-hydrogen) atoms. The summed E-state index contributed by atoms with van der Waals surface area (Å²) in [5.41, 5.74) is 3.39. The Morgan fingerprint density at radius 2 is 1.96 bits per heavy atom. The Morgan fingerprint density at radius 1 is 1.12 bits per heavy atom. The minimum absolute atomic E-state index is 0.0952. The van der Waals surface area contributed by atoms with Gasteiger partial charge in [0.2, 0.25) is 0 Å². The third-order valence-corrected chi connectivity index (χ3v) is 5.63. The van der Waals surface area contributed by atoms with E-state index in [1.165, 1.54) is 5.56 Å². The topological polar surface area (TPSA) is 35.9 Å². The van der Waals surface area contributed by atoms with Crippen molar-refractivity contribution >= 4 is 27.5 Å².